The third-order valence-corrected chi connectivity index (χ3v) is 3.94. The predicted octanol–water partition coefficient (Wildman–Crippen LogP) is 2.63. The largest absolute Gasteiger partial charge is 0.306 e. The van der Waals surface area contributed by atoms with Gasteiger partial charge >= 0.3 is 0 Å². The van der Waals surface area contributed by atoms with Gasteiger partial charge in [-0.25, -0.2) is 0 Å². The highest BCUT2D eigenvalue weighted by molar-refractivity contribution is 9.10. The van der Waals surface area contributed by atoms with Crippen LogP contribution in [0.5, 0.6) is 0 Å². The van der Waals surface area contributed by atoms with Crippen LogP contribution in [0.1, 0.15) is 25.0 Å². The van der Waals surface area contributed by atoms with E-state index >= 15 is 0 Å². The highest BCUT2D eigenvalue weighted by atomic mass is 79.9. The van der Waals surface area contributed by atoms with Crippen molar-refractivity contribution in [2.75, 3.05) is 10.5 Å². The SMILES string of the molecule is BrN1CC2(CCC2)c2ncccc21. The molecular weight excluding hydrogens is 228 g/mol. The molecule has 2 aliphatic rings. The molecule has 0 atom stereocenters. The number of hydrogen-bond donors (Lipinski definition) is 0. The number of hydrogen-bond acceptors (Lipinski definition) is 2. The van der Waals surface area contributed by atoms with E-state index in [-0.39, 0.29) is 0 Å². The molecule has 0 radical (unpaired) electrons. The van der Waals surface area contributed by atoms with Crippen LogP contribution in [-0.4, -0.2) is 11.5 Å². The smallest absolute Gasteiger partial charge is 0.0724 e. The van der Waals surface area contributed by atoms with Crippen LogP contribution in [0, 0.1) is 0 Å². The summed E-state index contributed by atoms with van der Waals surface area (Å²) < 4.78 is 2.16. The van der Waals surface area contributed by atoms with E-state index in [2.05, 4.69) is 31.1 Å². The van der Waals surface area contributed by atoms with Crippen molar-refractivity contribution in [3.63, 3.8) is 0 Å². The van der Waals surface area contributed by atoms with Gasteiger partial charge in [-0.05, 0) is 25.0 Å². The van der Waals surface area contributed by atoms with Crippen molar-refractivity contribution in [2.45, 2.75) is 24.7 Å². The minimum absolute atomic E-state index is 0.389. The van der Waals surface area contributed by atoms with Crippen molar-refractivity contribution < 1.29 is 0 Å². The Labute approximate surface area is 86.3 Å². The molecule has 1 aliphatic carbocycles. The Balaban J connectivity index is 2.15. The van der Waals surface area contributed by atoms with Gasteiger partial charge in [0, 0.05) is 34.3 Å². The molecule has 1 aliphatic heterocycles. The second-order valence-electron chi connectivity index (χ2n) is 4.03. The summed E-state index contributed by atoms with van der Waals surface area (Å²) in [6.07, 6.45) is 5.88. The number of anilines is 1. The quantitative estimate of drug-likeness (QED) is 0.647. The minimum Gasteiger partial charge on any atom is -0.306 e. The zero-order valence-electron chi connectivity index (χ0n) is 7.33. The lowest BCUT2D eigenvalue weighted by atomic mass is 9.68. The second-order valence-corrected chi connectivity index (χ2v) is 4.88. The first-order chi connectivity index (χ1) is 6.32. The van der Waals surface area contributed by atoms with Gasteiger partial charge in [-0.3, -0.25) is 4.98 Å². The molecule has 2 nitrogen and oxygen atoms in total. The summed E-state index contributed by atoms with van der Waals surface area (Å²) in [6.45, 7) is 1.10. The van der Waals surface area contributed by atoms with Crippen LogP contribution in [0.15, 0.2) is 18.3 Å². The fourth-order valence-corrected chi connectivity index (χ4v) is 3.19. The Kier molecular flexibility index (Phi) is 1.48. The van der Waals surface area contributed by atoms with Crippen molar-refractivity contribution >= 4 is 21.8 Å². The molecule has 3 rings (SSSR count). The molecule has 3 heteroatoms. The van der Waals surface area contributed by atoms with Crippen LogP contribution in [0.25, 0.3) is 0 Å². The van der Waals surface area contributed by atoms with E-state index in [4.69, 9.17) is 0 Å². The second kappa shape index (κ2) is 2.47. The molecule has 0 bridgehead atoms. The highest BCUT2D eigenvalue weighted by Crippen LogP contribution is 2.52. The first kappa shape index (κ1) is 7.80. The lowest BCUT2D eigenvalue weighted by Crippen LogP contribution is -2.37. The molecule has 1 fully saturated rings. The summed E-state index contributed by atoms with van der Waals surface area (Å²) in [5.41, 5.74) is 2.96. The third-order valence-electron chi connectivity index (χ3n) is 3.30. The molecule has 0 amide bonds. The van der Waals surface area contributed by atoms with Crippen LogP contribution in [0.2, 0.25) is 0 Å². The summed E-state index contributed by atoms with van der Waals surface area (Å²) in [7, 11) is 0. The van der Waals surface area contributed by atoms with Crippen LogP contribution >= 0.6 is 16.1 Å². The van der Waals surface area contributed by atoms with Gasteiger partial charge in [-0.1, -0.05) is 6.42 Å². The van der Waals surface area contributed by atoms with Crippen molar-refractivity contribution in [3.8, 4) is 0 Å². The molecule has 68 valence electrons. The van der Waals surface area contributed by atoms with Gasteiger partial charge in [0.05, 0.1) is 11.4 Å². The minimum atomic E-state index is 0.389. The molecule has 1 saturated carbocycles. The topological polar surface area (TPSA) is 16.1 Å². The molecule has 0 saturated heterocycles. The first-order valence-corrected chi connectivity index (χ1v) is 5.42. The van der Waals surface area contributed by atoms with Crippen LogP contribution in [0.3, 0.4) is 0 Å². The summed E-state index contributed by atoms with van der Waals surface area (Å²) in [4.78, 5) is 4.51. The monoisotopic (exact) mass is 238 g/mol. The Morgan fingerprint density at radius 1 is 1.46 bits per heavy atom. The number of rotatable bonds is 0. The number of nitrogens with zero attached hydrogens (tertiary/aromatic N) is 2. The van der Waals surface area contributed by atoms with Crippen molar-refractivity contribution in [3.05, 3.63) is 24.0 Å². The van der Waals surface area contributed by atoms with Crippen molar-refractivity contribution in [1.29, 1.82) is 0 Å². The van der Waals surface area contributed by atoms with E-state index in [1.54, 1.807) is 0 Å². The fourth-order valence-electron chi connectivity index (χ4n) is 2.43. The van der Waals surface area contributed by atoms with Gasteiger partial charge in [0.1, 0.15) is 0 Å². The standard InChI is InChI=1S/C10H11BrN2/c11-13-7-10(4-2-5-10)9-8(13)3-1-6-12-9/h1,3,6H,2,4-5,7H2. The summed E-state index contributed by atoms with van der Waals surface area (Å²) >= 11 is 3.58. The van der Waals surface area contributed by atoms with E-state index in [1.807, 2.05) is 12.3 Å². The fraction of sp³-hybridized carbons (Fsp3) is 0.500. The zero-order chi connectivity index (χ0) is 8.89. The lowest BCUT2D eigenvalue weighted by molar-refractivity contribution is 0.263. The lowest BCUT2D eigenvalue weighted by Gasteiger charge is -2.37. The molecule has 1 spiro atoms. The molecular formula is C10H11BrN2. The Morgan fingerprint density at radius 3 is 3.00 bits per heavy atom. The molecule has 2 heterocycles. The normalized spacial score (nSPS) is 23.0. The van der Waals surface area contributed by atoms with Crippen LogP contribution in [-0.2, 0) is 5.41 Å². The zero-order valence-corrected chi connectivity index (χ0v) is 8.92. The number of fused-ring (bicyclic) bond motifs is 2. The molecule has 0 N–H and O–H groups in total. The van der Waals surface area contributed by atoms with E-state index in [0.717, 1.165) is 6.54 Å². The predicted molar refractivity (Wildman–Crippen MR) is 56.0 cm³/mol. The molecule has 0 aromatic carbocycles. The van der Waals surface area contributed by atoms with Gasteiger partial charge in [0.25, 0.3) is 0 Å². The van der Waals surface area contributed by atoms with Gasteiger partial charge in [-0.15, -0.1) is 0 Å². The summed E-state index contributed by atoms with van der Waals surface area (Å²) in [5, 5.41) is 0. The number of halogens is 1. The average Bonchev–Trinajstić information content (AvgIpc) is 2.40. The van der Waals surface area contributed by atoms with E-state index in [9.17, 15) is 0 Å². The Hall–Kier alpha value is -0.570. The van der Waals surface area contributed by atoms with E-state index < -0.39 is 0 Å². The van der Waals surface area contributed by atoms with Crippen molar-refractivity contribution in [2.24, 2.45) is 0 Å². The summed E-state index contributed by atoms with van der Waals surface area (Å²) in [6, 6.07) is 4.15. The molecule has 1 aromatic heterocycles. The third kappa shape index (κ3) is 0.909. The summed E-state index contributed by atoms with van der Waals surface area (Å²) in [5.74, 6) is 0. The van der Waals surface area contributed by atoms with Gasteiger partial charge in [0.2, 0.25) is 0 Å². The number of aromatic nitrogens is 1. The Morgan fingerprint density at radius 2 is 2.31 bits per heavy atom. The van der Waals surface area contributed by atoms with Crippen LogP contribution in [0.4, 0.5) is 5.69 Å². The number of pyridine rings is 1. The van der Waals surface area contributed by atoms with Crippen LogP contribution < -0.4 is 3.93 Å². The molecule has 13 heavy (non-hydrogen) atoms. The Bertz CT molecular complexity index is 347. The van der Waals surface area contributed by atoms with Gasteiger partial charge in [0.15, 0.2) is 0 Å². The van der Waals surface area contributed by atoms with Crippen molar-refractivity contribution in [1.82, 2.24) is 4.98 Å². The highest BCUT2D eigenvalue weighted by Gasteiger charge is 2.47. The molecule has 1 aromatic rings. The van der Waals surface area contributed by atoms with Gasteiger partial charge in [-0.2, -0.15) is 0 Å². The first-order valence-electron chi connectivity index (χ1n) is 4.71. The maximum atomic E-state index is 4.51. The van der Waals surface area contributed by atoms with Gasteiger partial charge < -0.3 is 3.93 Å². The van der Waals surface area contributed by atoms with E-state index in [1.165, 1.54) is 30.6 Å². The maximum Gasteiger partial charge on any atom is 0.0724 e. The maximum absolute atomic E-state index is 4.51. The van der Waals surface area contributed by atoms with E-state index in [0.29, 0.717) is 5.41 Å². The molecule has 0 unspecified atom stereocenters. The average molecular weight is 239 g/mol.